The van der Waals surface area contributed by atoms with E-state index in [0.29, 0.717) is 11.3 Å². The lowest BCUT2D eigenvalue weighted by Crippen LogP contribution is -2.14. The van der Waals surface area contributed by atoms with Gasteiger partial charge in [0.1, 0.15) is 0 Å². The standard InChI is InChI=1S/C16H18N2O/c1-3-12-5-7-13(8-6-12)18-16(19)14-9-4-11(2)10-15(14)17/h4-10H,3,17H2,1-2H3,(H,18,19). The average molecular weight is 254 g/mol. The van der Waals surface area contributed by atoms with E-state index in [2.05, 4.69) is 12.2 Å². The maximum absolute atomic E-state index is 12.1. The lowest BCUT2D eigenvalue weighted by molar-refractivity contribution is 0.102. The van der Waals surface area contributed by atoms with E-state index in [4.69, 9.17) is 5.73 Å². The van der Waals surface area contributed by atoms with E-state index in [0.717, 1.165) is 17.7 Å². The van der Waals surface area contributed by atoms with E-state index in [1.54, 1.807) is 12.1 Å². The van der Waals surface area contributed by atoms with Crippen molar-refractivity contribution in [2.24, 2.45) is 0 Å². The van der Waals surface area contributed by atoms with Crippen molar-refractivity contribution in [2.75, 3.05) is 11.1 Å². The zero-order valence-corrected chi connectivity index (χ0v) is 11.2. The molecule has 0 fully saturated rings. The third-order valence-corrected chi connectivity index (χ3v) is 3.07. The van der Waals surface area contributed by atoms with Gasteiger partial charge >= 0.3 is 0 Å². The molecular formula is C16H18N2O. The van der Waals surface area contributed by atoms with Crippen molar-refractivity contribution in [3.05, 3.63) is 59.2 Å². The van der Waals surface area contributed by atoms with Crippen molar-refractivity contribution >= 4 is 17.3 Å². The number of carbonyl (C=O) groups is 1. The van der Waals surface area contributed by atoms with E-state index < -0.39 is 0 Å². The van der Waals surface area contributed by atoms with Crippen LogP contribution in [0.1, 0.15) is 28.4 Å². The zero-order valence-electron chi connectivity index (χ0n) is 11.2. The van der Waals surface area contributed by atoms with Crippen LogP contribution in [0.25, 0.3) is 0 Å². The van der Waals surface area contributed by atoms with Crippen LogP contribution in [0.4, 0.5) is 11.4 Å². The van der Waals surface area contributed by atoms with E-state index >= 15 is 0 Å². The van der Waals surface area contributed by atoms with Gasteiger partial charge in [0.25, 0.3) is 5.91 Å². The van der Waals surface area contributed by atoms with Gasteiger partial charge in [0, 0.05) is 11.4 Å². The van der Waals surface area contributed by atoms with Crippen LogP contribution < -0.4 is 11.1 Å². The third kappa shape index (κ3) is 3.13. The predicted octanol–water partition coefficient (Wildman–Crippen LogP) is 3.39. The van der Waals surface area contributed by atoms with Gasteiger partial charge in [-0.3, -0.25) is 4.79 Å². The van der Waals surface area contributed by atoms with E-state index in [9.17, 15) is 4.79 Å². The second-order valence-corrected chi connectivity index (χ2v) is 4.60. The highest BCUT2D eigenvalue weighted by Gasteiger charge is 2.09. The summed E-state index contributed by atoms with van der Waals surface area (Å²) in [5.41, 5.74) is 9.93. The number of nitrogen functional groups attached to an aromatic ring is 1. The zero-order chi connectivity index (χ0) is 13.8. The van der Waals surface area contributed by atoms with Crippen LogP contribution in [0.3, 0.4) is 0 Å². The Bertz CT molecular complexity index is 588. The summed E-state index contributed by atoms with van der Waals surface area (Å²) in [6, 6.07) is 13.3. The molecule has 2 rings (SSSR count). The number of anilines is 2. The molecule has 0 aliphatic heterocycles. The van der Waals surface area contributed by atoms with Crippen LogP contribution in [-0.4, -0.2) is 5.91 Å². The maximum Gasteiger partial charge on any atom is 0.257 e. The molecule has 0 aromatic heterocycles. The summed E-state index contributed by atoms with van der Waals surface area (Å²) in [7, 11) is 0. The molecule has 0 radical (unpaired) electrons. The smallest absolute Gasteiger partial charge is 0.257 e. The summed E-state index contributed by atoms with van der Waals surface area (Å²) in [5.74, 6) is -0.179. The molecule has 0 aliphatic rings. The molecule has 0 unspecified atom stereocenters. The first kappa shape index (κ1) is 13.1. The first-order chi connectivity index (χ1) is 9.10. The summed E-state index contributed by atoms with van der Waals surface area (Å²) in [4.78, 5) is 12.1. The normalized spacial score (nSPS) is 10.2. The molecule has 3 heteroatoms. The SMILES string of the molecule is CCc1ccc(NC(=O)c2ccc(C)cc2N)cc1. The third-order valence-electron chi connectivity index (χ3n) is 3.07. The van der Waals surface area contributed by atoms with Gasteiger partial charge in [-0.15, -0.1) is 0 Å². The fraction of sp³-hybridized carbons (Fsp3) is 0.188. The highest BCUT2D eigenvalue weighted by Crippen LogP contribution is 2.17. The Labute approximate surface area is 113 Å². The average Bonchev–Trinajstić information content (AvgIpc) is 2.39. The van der Waals surface area contributed by atoms with Gasteiger partial charge in [0.15, 0.2) is 0 Å². The van der Waals surface area contributed by atoms with Gasteiger partial charge in [-0.1, -0.05) is 25.1 Å². The van der Waals surface area contributed by atoms with Crippen molar-refractivity contribution in [1.29, 1.82) is 0 Å². The van der Waals surface area contributed by atoms with Crippen LogP contribution in [0.2, 0.25) is 0 Å². The summed E-state index contributed by atoms with van der Waals surface area (Å²) < 4.78 is 0. The maximum atomic E-state index is 12.1. The molecule has 3 nitrogen and oxygen atoms in total. The van der Waals surface area contributed by atoms with E-state index in [1.807, 2.05) is 37.3 Å². The minimum Gasteiger partial charge on any atom is -0.398 e. The van der Waals surface area contributed by atoms with Crippen molar-refractivity contribution in [1.82, 2.24) is 0 Å². The Morgan fingerprint density at radius 1 is 1.16 bits per heavy atom. The minimum absolute atomic E-state index is 0.179. The number of hydrogen-bond donors (Lipinski definition) is 2. The summed E-state index contributed by atoms with van der Waals surface area (Å²) in [6.45, 7) is 4.04. The summed E-state index contributed by atoms with van der Waals surface area (Å²) in [5, 5.41) is 2.85. The molecule has 0 saturated heterocycles. The Morgan fingerprint density at radius 3 is 2.42 bits per heavy atom. The van der Waals surface area contributed by atoms with Crippen molar-refractivity contribution in [3.8, 4) is 0 Å². The summed E-state index contributed by atoms with van der Waals surface area (Å²) in [6.07, 6.45) is 0.985. The molecule has 2 aromatic carbocycles. The van der Waals surface area contributed by atoms with Crippen molar-refractivity contribution in [2.45, 2.75) is 20.3 Å². The number of carbonyl (C=O) groups excluding carboxylic acids is 1. The number of benzene rings is 2. The second-order valence-electron chi connectivity index (χ2n) is 4.60. The molecule has 19 heavy (non-hydrogen) atoms. The number of amides is 1. The fourth-order valence-corrected chi connectivity index (χ4v) is 1.91. The lowest BCUT2D eigenvalue weighted by Gasteiger charge is -2.08. The second kappa shape index (κ2) is 5.57. The Balaban J connectivity index is 2.15. The van der Waals surface area contributed by atoms with Crippen molar-refractivity contribution < 1.29 is 4.79 Å². The molecule has 0 spiro atoms. The highest BCUT2D eigenvalue weighted by molar-refractivity contribution is 6.07. The Morgan fingerprint density at radius 2 is 1.84 bits per heavy atom. The van der Waals surface area contributed by atoms with Crippen LogP contribution in [0, 0.1) is 6.92 Å². The largest absolute Gasteiger partial charge is 0.398 e. The summed E-state index contributed by atoms with van der Waals surface area (Å²) >= 11 is 0. The number of nitrogens with two attached hydrogens (primary N) is 1. The van der Waals surface area contributed by atoms with E-state index in [1.165, 1.54) is 5.56 Å². The topological polar surface area (TPSA) is 55.1 Å². The van der Waals surface area contributed by atoms with E-state index in [-0.39, 0.29) is 5.91 Å². The number of nitrogens with one attached hydrogen (secondary N) is 1. The van der Waals surface area contributed by atoms with Crippen LogP contribution >= 0.6 is 0 Å². The molecule has 1 amide bonds. The van der Waals surface area contributed by atoms with Crippen molar-refractivity contribution in [3.63, 3.8) is 0 Å². The van der Waals surface area contributed by atoms with Crippen LogP contribution in [0.15, 0.2) is 42.5 Å². The predicted molar refractivity (Wildman–Crippen MR) is 79.4 cm³/mol. The molecule has 0 heterocycles. The molecule has 0 bridgehead atoms. The molecule has 2 aromatic rings. The molecule has 3 N–H and O–H groups in total. The number of aryl methyl sites for hydroxylation is 2. The number of rotatable bonds is 3. The molecule has 0 atom stereocenters. The van der Waals surface area contributed by atoms with Gasteiger partial charge < -0.3 is 11.1 Å². The molecule has 0 aliphatic carbocycles. The monoisotopic (exact) mass is 254 g/mol. The van der Waals surface area contributed by atoms with Gasteiger partial charge in [0.05, 0.1) is 5.56 Å². The first-order valence-electron chi connectivity index (χ1n) is 6.36. The van der Waals surface area contributed by atoms with Crippen LogP contribution in [0.5, 0.6) is 0 Å². The Hall–Kier alpha value is -2.29. The van der Waals surface area contributed by atoms with Gasteiger partial charge in [-0.05, 0) is 48.7 Å². The molecule has 98 valence electrons. The van der Waals surface area contributed by atoms with Gasteiger partial charge in [-0.25, -0.2) is 0 Å². The fourth-order valence-electron chi connectivity index (χ4n) is 1.91. The highest BCUT2D eigenvalue weighted by atomic mass is 16.1. The van der Waals surface area contributed by atoms with Gasteiger partial charge in [0.2, 0.25) is 0 Å². The van der Waals surface area contributed by atoms with Crippen LogP contribution in [-0.2, 0) is 6.42 Å². The Kier molecular flexibility index (Phi) is 3.85. The first-order valence-corrected chi connectivity index (χ1v) is 6.36. The molecular weight excluding hydrogens is 236 g/mol. The quantitative estimate of drug-likeness (QED) is 0.825. The van der Waals surface area contributed by atoms with Gasteiger partial charge in [-0.2, -0.15) is 0 Å². The minimum atomic E-state index is -0.179. The lowest BCUT2D eigenvalue weighted by atomic mass is 10.1. The molecule has 0 saturated carbocycles. The number of hydrogen-bond acceptors (Lipinski definition) is 2.